The zero-order chi connectivity index (χ0) is 20.5. The number of hydrogen-bond donors (Lipinski definition) is 1. The number of nitrogens with one attached hydrogen (secondary N) is 1. The van der Waals surface area contributed by atoms with Crippen LogP contribution < -0.4 is 5.32 Å². The highest BCUT2D eigenvalue weighted by atomic mass is 32.2. The van der Waals surface area contributed by atoms with Crippen molar-refractivity contribution in [3.8, 4) is 0 Å². The van der Waals surface area contributed by atoms with Crippen LogP contribution in [0.15, 0.2) is 47.4 Å². The van der Waals surface area contributed by atoms with Crippen LogP contribution in [0.2, 0.25) is 0 Å². The monoisotopic (exact) mass is 400 g/mol. The Kier molecular flexibility index (Phi) is 5.53. The van der Waals surface area contributed by atoms with Crippen LogP contribution >= 0.6 is 0 Å². The van der Waals surface area contributed by atoms with Gasteiger partial charge in [-0.3, -0.25) is 4.79 Å². The number of hydrogen-bond acceptors (Lipinski definition) is 4. The summed E-state index contributed by atoms with van der Waals surface area (Å²) in [6, 6.07) is 12.5. The normalized spacial score (nSPS) is 11.9. The molecule has 0 aliphatic carbocycles. The molecule has 3 aromatic rings. The average Bonchev–Trinajstić information content (AvgIpc) is 2.95. The molecule has 0 radical (unpaired) electrons. The van der Waals surface area contributed by atoms with Crippen molar-refractivity contribution in [2.24, 2.45) is 7.05 Å². The van der Waals surface area contributed by atoms with Crippen LogP contribution in [0.4, 0.5) is 5.69 Å². The molecule has 0 saturated heterocycles. The maximum atomic E-state index is 12.3. The number of nitrogens with zero attached hydrogens (tertiary/aromatic N) is 3. The second-order valence-corrected chi connectivity index (χ2v) is 9.09. The molecule has 0 aliphatic heterocycles. The van der Waals surface area contributed by atoms with Crippen LogP contribution in [0.25, 0.3) is 11.0 Å². The Labute approximate surface area is 165 Å². The van der Waals surface area contributed by atoms with Gasteiger partial charge in [0.15, 0.2) is 0 Å². The molecule has 0 bridgehead atoms. The van der Waals surface area contributed by atoms with Crippen molar-refractivity contribution >= 4 is 32.7 Å². The zero-order valence-corrected chi connectivity index (χ0v) is 17.2. The third kappa shape index (κ3) is 4.07. The van der Waals surface area contributed by atoms with Crippen LogP contribution in [-0.4, -0.2) is 42.3 Å². The molecule has 1 amide bonds. The summed E-state index contributed by atoms with van der Waals surface area (Å²) in [7, 11) is 1.34. The molecule has 0 atom stereocenters. The van der Waals surface area contributed by atoms with Gasteiger partial charge >= 0.3 is 0 Å². The molecule has 0 aliphatic rings. The molecule has 0 spiro atoms. The molecule has 3 rings (SSSR count). The second-order valence-electron chi connectivity index (χ2n) is 6.94. The minimum atomic E-state index is -3.52. The minimum absolute atomic E-state index is 0.0893. The molecule has 0 unspecified atom stereocenters. The van der Waals surface area contributed by atoms with E-state index in [-0.39, 0.29) is 17.2 Å². The Morgan fingerprint density at radius 1 is 1.18 bits per heavy atom. The number of imidazole rings is 1. The quantitative estimate of drug-likeness (QED) is 0.689. The lowest BCUT2D eigenvalue weighted by atomic mass is 10.2. The minimum Gasteiger partial charge on any atom is -0.331 e. The van der Waals surface area contributed by atoms with E-state index in [9.17, 15) is 13.2 Å². The van der Waals surface area contributed by atoms with E-state index < -0.39 is 10.0 Å². The SMILES string of the molecule is Cc1cccc(NC(=O)CCc2nc3cc(S(=O)(=O)N(C)C)ccc3n2C)c1. The lowest BCUT2D eigenvalue weighted by Crippen LogP contribution is -2.22. The van der Waals surface area contributed by atoms with E-state index in [0.29, 0.717) is 11.9 Å². The molecule has 0 fully saturated rings. The molecule has 7 nitrogen and oxygen atoms in total. The topological polar surface area (TPSA) is 84.3 Å². The third-order valence-corrected chi connectivity index (χ3v) is 6.41. The number of amides is 1. The molecule has 148 valence electrons. The van der Waals surface area contributed by atoms with Crippen molar-refractivity contribution in [1.29, 1.82) is 0 Å². The summed E-state index contributed by atoms with van der Waals surface area (Å²) < 4.78 is 27.7. The van der Waals surface area contributed by atoms with Gasteiger partial charge in [0.25, 0.3) is 0 Å². The van der Waals surface area contributed by atoms with E-state index in [1.54, 1.807) is 18.2 Å². The van der Waals surface area contributed by atoms with E-state index >= 15 is 0 Å². The van der Waals surface area contributed by atoms with Crippen molar-refractivity contribution in [3.63, 3.8) is 0 Å². The van der Waals surface area contributed by atoms with Gasteiger partial charge < -0.3 is 9.88 Å². The summed E-state index contributed by atoms with van der Waals surface area (Å²) in [4.78, 5) is 17.0. The number of rotatable bonds is 6. The van der Waals surface area contributed by atoms with Gasteiger partial charge in [-0.15, -0.1) is 0 Å². The van der Waals surface area contributed by atoms with Gasteiger partial charge in [0.2, 0.25) is 15.9 Å². The first-order valence-electron chi connectivity index (χ1n) is 8.93. The van der Waals surface area contributed by atoms with E-state index in [4.69, 9.17) is 0 Å². The Hall–Kier alpha value is -2.71. The van der Waals surface area contributed by atoms with Crippen molar-refractivity contribution in [3.05, 3.63) is 53.9 Å². The molecule has 1 N–H and O–H groups in total. The van der Waals surface area contributed by atoms with Crippen molar-refractivity contribution in [2.75, 3.05) is 19.4 Å². The smallest absolute Gasteiger partial charge is 0.242 e. The molecule has 8 heteroatoms. The zero-order valence-electron chi connectivity index (χ0n) is 16.4. The number of aromatic nitrogens is 2. The first-order chi connectivity index (χ1) is 13.2. The van der Waals surface area contributed by atoms with Crippen LogP contribution in [0.1, 0.15) is 17.8 Å². The van der Waals surface area contributed by atoms with Gasteiger partial charge in [0.1, 0.15) is 5.82 Å². The number of fused-ring (bicyclic) bond motifs is 1. The lowest BCUT2D eigenvalue weighted by Gasteiger charge is -2.10. The Morgan fingerprint density at radius 2 is 1.93 bits per heavy atom. The highest BCUT2D eigenvalue weighted by Crippen LogP contribution is 2.22. The third-order valence-electron chi connectivity index (χ3n) is 4.60. The van der Waals surface area contributed by atoms with Gasteiger partial charge in [-0.05, 0) is 42.8 Å². The summed E-state index contributed by atoms with van der Waals surface area (Å²) in [6.45, 7) is 1.97. The largest absolute Gasteiger partial charge is 0.331 e. The van der Waals surface area contributed by atoms with Crippen molar-refractivity contribution in [1.82, 2.24) is 13.9 Å². The fourth-order valence-electron chi connectivity index (χ4n) is 3.00. The van der Waals surface area contributed by atoms with Crippen LogP contribution in [0, 0.1) is 6.92 Å². The van der Waals surface area contributed by atoms with E-state index in [1.165, 1.54) is 18.4 Å². The van der Waals surface area contributed by atoms with Gasteiger partial charge in [0, 0.05) is 39.7 Å². The number of carbonyl (C=O) groups excluding carboxylic acids is 1. The highest BCUT2D eigenvalue weighted by Gasteiger charge is 2.19. The van der Waals surface area contributed by atoms with Gasteiger partial charge in [-0.25, -0.2) is 17.7 Å². The summed E-state index contributed by atoms with van der Waals surface area (Å²) in [5, 5.41) is 2.89. The summed E-state index contributed by atoms with van der Waals surface area (Å²) in [5.41, 5.74) is 3.27. The Morgan fingerprint density at radius 3 is 2.61 bits per heavy atom. The molecular formula is C20H24N4O3S. The number of sulfonamides is 1. The number of anilines is 1. The lowest BCUT2D eigenvalue weighted by molar-refractivity contribution is -0.116. The van der Waals surface area contributed by atoms with Crippen LogP contribution in [-0.2, 0) is 28.3 Å². The van der Waals surface area contributed by atoms with Crippen LogP contribution in [0.3, 0.4) is 0 Å². The number of carbonyl (C=O) groups is 1. The molecule has 2 aromatic carbocycles. The van der Waals surface area contributed by atoms with Crippen molar-refractivity contribution in [2.45, 2.75) is 24.7 Å². The molecule has 1 aromatic heterocycles. The maximum absolute atomic E-state index is 12.3. The molecule has 28 heavy (non-hydrogen) atoms. The van der Waals surface area contributed by atoms with Gasteiger partial charge in [-0.1, -0.05) is 12.1 Å². The van der Waals surface area contributed by atoms with E-state index in [0.717, 1.165) is 22.6 Å². The number of benzene rings is 2. The van der Waals surface area contributed by atoms with E-state index in [2.05, 4.69) is 10.3 Å². The highest BCUT2D eigenvalue weighted by molar-refractivity contribution is 7.89. The van der Waals surface area contributed by atoms with Crippen LogP contribution in [0.5, 0.6) is 0 Å². The summed E-state index contributed by atoms with van der Waals surface area (Å²) in [6.07, 6.45) is 0.743. The van der Waals surface area contributed by atoms with Gasteiger partial charge in [-0.2, -0.15) is 0 Å². The summed E-state index contributed by atoms with van der Waals surface area (Å²) >= 11 is 0. The average molecular weight is 401 g/mol. The maximum Gasteiger partial charge on any atom is 0.242 e. The molecular weight excluding hydrogens is 376 g/mol. The fourth-order valence-corrected chi connectivity index (χ4v) is 3.92. The Balaban J connectivity index is 1.76. The summed E-state index contributed by atoms with van der Waals surface area (Å²) in [5.74, 6) is 0.641. The van der Waals surface area contributed by atoms with Crippen molar-refractivity contribution < 1.29 is 13.2 Å². The van der Waals surface area contributed by atoms with Gasteiger partial charge in [0.05, 0.1) is 15.9 Å². The predicted octanol–water partition coefficient (Wildman–Crippen LogP) is 2.70. The first kappa shape index (κ1) is 20.0. The first-order valence-corrected chi connectivity index (χ1v) is 10.4. The molecule has 0 saturated carbocycles. The molecule has 1 heterocycles. The number of aryl methyl sites for hydroxylation is 3. The second kappa shape index (κ2) is 7.73. The van der Waals surface area contributed by atoms with E-state index in [1.807, 2.05) is 42.8 Å². The fraction of sp³-hybridized carbons (Fsp3) is 0.300. The predicted molar refractivity (Wildman–Crippen MR) is 110 cm³/mol. The Bertz CT molecular complexity index is 1130. The standard InChI is InChI=1S/C20H24N4O3S/c1-14-6-5-7-15(12-14)21-20(25)11-10-19-22-17-13-16(28(26,27)23(2)3)8-9-18(17)24(19)4/h5-9,12-13H,10-11H2,1-4H3,(H,21,25).